The van der Waals surface area contributed by atoms with Crippen LogP contribution in [-0.2, 0) is 12.6 Å². The van der Waals surface area contributed by atoms with E-state index in [-0.39, 0.29) is 11.7 Å². The minimum atomic E-state index is -4.38. The quantitative estimate of drug-likeness (QED) is 0.906. The number of methoxy groups -OCH3 is 2. The maximum absolute atomic E-state index is 13.2. The van der Waals surface area contributed by atoms with Gasteiger partial charge in [0.05, 0.1) is 31.5 Å². The lowest BCUT2D eigenvalue weighted by Crippen LogP contribution is -2.11. The van der Waals surface area contributed by atoms with Crippen LogP contribution in [0.25, 0.3) is 0 Å². The van der Waals surface area contributed by atoms with Gasteiger partial charge in [-0.05, 0) is 36.2 Å². The first-order valence-corrected chi connectivity index (χ1v) is 7.11. The van der Waals surface area contributed by atoms with Crippen molar-refractivity contribution in [3.05, 3.63) is 53.1 Å². The fourth-order valence-corrected chi connectivity index (χ4v) is 2.92. The van der Waals surface area contributed by atoms with Crippen molar-refractivity contribution in [1.29, 1.82) is 0 Å². The summed E-state index contributed by atoms with van der Waals surface area (Å²) in [5, 5.41) is 3.00. The molecule has 2 aromatic rings. The Morgan fingerprint density at radius 3 is 2.52 bits per heavy atom. The lowest BCUT2D eigenvalue weighted by atomic mass is 10.0. The Balaban J connectivity index is 2.00. The highest BCUT2D eigenvalue weighted by Crippen LogP contribution is 2.45. The van der Waals surface area contributed by atoms with E-state index in [9.17, 15) is 13.2 Å². The number of fused-ring (bicyclic) bond motifs is 1. The molecule has 1 unspecified atom stereocenters. The third-order valence-electron chi connectivity index (χ3n) is 4.01. The van der Waals surface area contributed by atoms with Gasteiger partial charge in [0.1, 0.15) is 11.5 Å². The van der Waals surface area contributed by atoms with Gasteiger partial charge < -0.3 is 14.8 Å². The molecule has 3 rings (SSSR count). The van der Waals surface area contributed by atoms with E-state index in [4.69, 9.17) is 9.47 Å². The van der Waals surface area contributed by atoms with Gasteiger partial charge in [0, 0.05) is 5.56 Å². The highest BCUT2D eigenvalue weighted by Gasteiger charge is 2.37. The molecule has 0 fully saturated rings. The Morgan fingerprint density at radius 1 is 1.09 bits per heavy atom. The molecule has 1 aliphatic rings. The van der Waals surface area contributed by atoms with Crippen molar-refractivity contribution < 1.29 is 22.6 Å². The molecule has 1 N–H and O–H groups in total. The zero-order valence-corrected chi connectivity index (χ0v) is 12.7. The monoisotopic (exact) mass is 323 g/mol. The summed E-state index contributed by atoms with van der Waals surface area (Å²) in [6.45, 7) is 0. The third-order valence-corrected chi connectivity index (χ3v) is 4.01. The average molecular weight is 323 g/mol. The molecule has 23 heavy (non-hydrogen) atoms. The number of alkyl halides is 3. The van der Waals surface area contributed by atoms with E-state index in [2.05, 4.69) is 5.32 Å². The predicted molar refractivity (Wildman–Crippen MR) is 81.1 cm³/mol. The molecule has 6 heteroatoms. The summed E-state index contributed by atoms with van der Waals surface area (Å²) >= 11 is 0. The number of benzene rings is 2. The number of hydrogen-bond acceptors (Lipinski definition) is 3. The smallest absolute Gasteiger partial charge is 0.418 e. The summed E-state index contributed by atoms with van der Waals surface area (Å²) in [5.41, 5.74) is 0.931. The van der Waals surface area contributed by atoms with Crippen LogP contribution in [0.5, 0.6) is 11.5 Å². The van der Waals surface area contributed by atoms with Crippen molar-refractivity contribution in [3.63, 3.8) is 0 Å². The highest BCUT2D eigenvalue weighted by atomic mass is 19.4. The van der Waals surface area contributed by atoms with E-state index >= 15 is 0 Å². The molecule has 0 saturated heterocycles. The molecular weight excluding hydrogens is 307 g/mol. The van der Waals surface area contributed by atoms with Crippen LogP contribution in [0.2, 0.25) is 0 Å². The first-order chi connectivity index (χ1) is 10.9. The number of ether oxygens (including phenoxy) is 2. The van der Waals surface area contributed by atoms with Crippen LogP contribution in [-0.4, -0.2) is 14.2 Å². The summed E-state index contributed by atoms with van der Waals surface area (Å²) in [6, 6.07) is 9.25. The van der Waals surface area contributed by atoms with Gasteiger partial charge in [-0.25, -0.2) is 0 Å². The molecule has 1 heterocycles. The summed E-state index contributed by atoms with van der Waals surface area (Å²) in [7, 11) is 3.08. The van der Waals surface area contributed by atoms with Crippen molar-refractivity contribution in [3.8, 4) is 11.5 Å². The molecule has 0 bridgehead atoms. The average Bonchev–Trinajstić information content (AvgIpc) is 2.96. The lowest BCUT2D eigenvalue weighted by Gasteiger charge is -2.18. The molecule has 0 spiro atoms. The van der Waals surface area contributed by atoms with Gasteiger partial charge >= 0.3 is 6.18 Å². The lowest BCUT2D eigenvalue weighted by molar-refractivity contribution is -0.136. The number of para-hydroxylation sites is 1. The maximum atomic E-state index is 13.2. The molecule has 0 aliphatic carbocycles. The van der Waals surface area contributed by atoms with Crippen LogP contribution in [0.15, 0.2) is 36.4 Å². The van der Waals surface area contributed by atoms with Crippen molar-refractivity contribution in [1.82, 2.24) is 0 Å². The van der Waals surface area contributed by atoms with E-state index in [1.807, 2.05) is 0 Å². The highest BCUT2D eigenvalue weighted by molar-refractivity contribution is 5.65. The molecule has 2 aromatic carbocycles. The van der Waals surface area contributed by atoms with Crippen LogP contribution < -0.4 is 14.8 Å². The van der Waals surface area contributed by atoms with Gasteiger partial charge in [0.15, 0.2) is 0 Å². The van der Waals surface area contributed by atoms with Gasteiger partial charge in [0.25, 0.3) is 0 Å². The Kier molecular flexibility index (Phi) is 3.83. The molecule has 122 valence electrons. The minimum absolute atomic E-state index is 0.148. The Bertz CT molecular complexity index is 728. The largest absolute Gasteiger partial charge is 0.497 e. The van der Waals surface area contributed by atoms with E-state index in [1.54, 1.807) is 31.4 Å². The van der Waals surface area contributed by atoms with Crippen molar-refractivity contribution >= 4 is 5.69 Å². The van der Waals surface area contributed by atoms with E-state index < -0.39 is 11.7 Å². The van der Waals surface area contributed by atoms with Crippen molar-refractivity contribution in [2.45, 2.75) is 18.6 Å². The van der Waals surface area contributed by atoms with Crippen LogP contribution in [0, 0.1) is 0 Å². The fourth-order valence-electron chi connectivity index (χ4n) is 2.92. The van der Waals surface area contributed by atoms with E-state index in [0.717, 1.165) is 11.6 Å². The van der Waals surface area contributed by atoms with Gasteiger partial charge in [-0.3, -0.25) is 0 Å². The molecule has 0 saturated carbocycles. The molecule has 0 aromatic heterocycles. The topological polar surface area (TPSA) is 30.5 Å². The molecule has 3 nitrogen and oxygen atoms in total. The minimum Gasteiger partial charge on any atom is -0.497 e. The fraction of sp³-hybridized carbons (Fsp3) is 0.294. The second kappa shape index (κ2) is 5.68. The van der Waals surface area contributed by atoms with Crippen molar-refractivity contribution in [2.75, 3.05) is 19.5 Å². The Labute approximate surface area is 132 Å². The number of rotatable bonds is 3. The van der Waals surface area contributed by atoms with Gasteiger partial charge in [-0.1, -0.05) is 12.1 Å². The van der Waals surface area contributed by atoms with Crippen LogP contribution in [0.4, 0.5) is 18.9 Å². The van der Waals surface area contributed by atoms with E-state index in [1.165, 1.54) is 13.2 Å². The molecule has 1 atom stereocenters. The third kappa shape index (κ3) is 2.81. The van der Waals surface area contributed by atoms with Crippen LogP contribution in [0.1, 0.15) is 22.7 Å². The van der Waals surface area contributed by atoms with Crippen LogP contribution >= 0.6 is 0 Å². The SMILES string of the molecule is COc1ccc(OC)c(C2Cc3cccc(C(F)(F)F)c3N2)c1. The summed E-state index contributed by atoms with van der Waals surface area (Å²) in [6.07, 6.45) is -3.92. The molecule has 1 aliphatic heterocycles. The summed E-state index contributed by atoms with van der Waals surface area (Å²) < 4.78 is 50.0. The molecule has 0 amide bonds. The Morgan fingerprint density at radius 2 is 1.87 bits per heavy atom. The zero-order chi connectivity index (χ0) is 16.6. The van der Waals surface area contributed by atoms with Gasteiger partial charge in [0.2, 0.25) is 0 Å². The second-order valence-corrected chi connectivity index (χ2v) is 5.35. The molecular formula is C17H16F3NO2. The number of anilines is 1. The number of nitrogens with one attached hydrogen (secondary N) is 1. The number of halogens is 3. The van der Waals surface area contributed by atoms with Crippen molar-refractivity contribution in [2.24, 2.45) is 0 Å². The Hall–Kier alpha value is -2.37. The molecule has 0 radical (unpaired) electrons. The van der Waals surface area contributed by atoms with Gasteiger partial charge in [-0.2, -0.15) is 13.2 Å². The normalized spacial score (nSPS) is 16.7. The first-order valence-electron chi connectivity index (χ1n) is 7.11. The second-order valence-electron chi connectivity index (χ2n) is 5.35. The maximum Gasteiger partial charge on any atom is 0.418 e. The van der Waals surface area contributed by atoms with Gasteiger partial charge in [-0.15, -0.1) is 0 Å². The van der Waals surface area contributed by atoms with Crippen LogP contribution in [0.3, 0.4) is 0 Å². The first kappa shape index (κ1) is 15.5. The predicted octanol–water partition coefficient (Wildman–Crippen LogP) is 4.43. The zero-order valence-electron chi connectivity index (χ0n) is 12.7. The summed E-state index contributed by atoms with van der Waals surface area (Å²) in [5.74, 6) is 1.25. The van der Waals surface area contributed by atoms with E-state index in [0.29, 0.717) is 23.5 Å². The standard InChI is InChI=1S/C17H16F3NO2/c1-22-11-6-7-15(23-2)12(9-11)14-8-10-4-3-5-13(16(10)21-14)17(18,19)20/h3-7,9,14,21H,8H2,1-2H3. The summed E-state index contributed by atoms with van der Waals surface area (Å²) in [4.78, 5) is 0. The number of hydrogen-bond donors (Lipinski definition) is 1.